The largest absolute Gasteiger partial charge is 0.379 e. The lowest BCUT2D eigenvalue weighted by molar-refractivity contribution is 0.00279. The van der Waals surface area contributed by atoms with Gasteiger partial charge < -0.3 is 14.2 Å². The lowest BCUT2D eigenvalue weighted by Gasteiger charge is -2.13. The number of hydrogen-bond donors (Lipinski definition) is 0. The van der Waals surface area contributed by atoms with Gasteiger partial charge in [-0.2, -0.15) is 0 Å². The van der Waals surface area contributed by atoms with Crippen molar-refractivity contribution in [1.82, 2.24) is 0 Å². The van der Waals surface area contributed by atoms with E-state index in [9.17, 15) is 0 Å². The maximum atomic E-state index is 5.43. The highest BCUT2D eigenvalue weighted by atomic mass is 28.1. The van der Waals surface area contributed by atoms with E-state index >= 15 is 0 Å². The predicted octanol–water partition coefficient (Wildman–Crippen LogP) is -0.409. The summed E-state index contributed by atoms with van der Waals surface area (Å²) in [7, 11) is 3.00. The van der Waals surface area contributed by atoms with Crippen molar-refractivity contribution in [2.24, 2.45) is 0 Å². The van der Waals surface area contributed by atoms with Crippen molar-refractivity contribution in [3.8, 4) is 0 Å². The summed E-state index contributed by atoms with van der Waals surface area (Å²) in [5.74, 6) is 0. The van der Waals surface area contributed by atoms with Crippen LogP contribution in [0.2, 0.25) is 6.04 Å². The molecule has 72 valence electrons. The maximum absolute atomic E-state index is 5.43. The second kappa shape index (κ2) is 5.69. The fourth-order valence-corrected chi connectivity index (χ4v) is 1.73. The van der Waals surface area contributed by atoms with E-state index in [1.807, 2.05) is 0 Å². The normalized spacial score (nSPS) is 24.2. The zero-order valence-corrected chi connectivity index (χ0v) is 9.91. The van der Waals surface area contributed by atoms with Crippen LogP contribution in [-0.4, -0.2) is 49.4 Å². The Labute approximate surface area is 76.8 Å². The Balaban J connectivity index is 1.93. The van der Waals surface area contributed by atoms with Gasteiger partial charge in [0.15, 0.2) is 0 Å². The van der Waals surface area contributed by atoms with Crippen LogP contribution in [0, 0.1) is 0 Å². The number of ether oxygens (including phenoxy) is 3. The molecule has 0 aliphatic carbocycles. The number of epoxide rings is 1. The van der Waals surface area contributed by atoms with E-state index in [1.54, 1.807) is 7.11 Å². The topological polar surface area (TPSA) is 31.0 Å². The van der Waals surface area contributed by atoms with Crippen molar-refractivity contribution >= 4 is 10.2 Å². The highest BCUT2D eigenvalue weighted by molar-refractivity contribution is 6.08. The third kappa shape index (κ3) is 4.20. The second-order valence-corrected chi connectivity index (χ2v) is 4.14. The van der Waals surface area contributed by atoms with E-state index in [4.69, 9.17) is 14.2 Å². The van der Waals surface area contributed by atoms with Crippen molar-refractivity contribution in [3.63, 3.8) is 0 Å². The fraction of sp³-hybridized carbons (Fsp3) is 1.00. The summed E-state index contributed by atoms with van der Waals surface area (Å²) in [6, 6.07) is 1.28. The molecule has 2 atom stereocenters. The first-order valence-corrected chi connectivity index (χ1v) is 6.00. The van der Waals surface area contributed by atoms with Crippen molar-refractivity contribution in [2.75, 3.05) is 26.9 Å². The van der Waals surface area contributed by atoms with Gasteiger partial charge >= 0.3 is 0 Å². The van der Waals surface area contributed by atoms with Crippen molar-refractivity contribution in [1.29, 1.82) is 0 Å². The predicted molar refractivity (Wildman–Crippen MR) is 50.7 cm³/mol. The first-order chi connectivity index (χ1) is 5.86. The number of methoxy groups -OCH3 is 1. The first-order valence-electron chi connectivity index (χ1n) is 4.59. The van der Waals surface area contributed by atoms with E-state index in [0.717, 1.165) is 26.2 Å². The van der Waals surface area contributed by atoms with Crippen molar-refractivity contribution in [2.45, 2.75) is 24.7 Å². The molecule has 0 aromatic rings. The van der Waals surface area contributed by atoms with Crippen molar-refractivity contribution < 1.29 is 14.2 Å². The highest BCUT2D eigenvalue weighted by Gasteiger charge is 2.22. The average molecular weight is 190 g/mol. The molecule has 3 nitrogen and oxygen atoms in total. The van der Waals surface area contributed by atoms with Crippen LogP contribution >= 0.6 is 0 Å². The molecule has 4 heteroatoms. The van der Waals surface area contributed by atoms with Gasteiger partial charge in [0.1, 0.15) is 6.10 Å². The van der Waals surface area contributed by atoms with Gasteiger partial charge in [0.05, 0.1) is 25.9 Å². The Bertz CT molecular complexity index is 117. The minimum absolute atomic E-state index is 0.293. The molecule has 12 heavy (non-hydrogen) atoms. The molecule has 0 aromatic heterocycles. The Morgan fingerprint density at radius 3 is 2.92 bits per heavy atom. The molecule has 0 amide bonds. The van der Waals surface area contributed by atoms with Gasteiger partial charge in [0.25, 0.3) is 0 Å². The summed E-state index contributed by atoms with van der Waals surface area (Å²) in [5.41, 5.74) is 0. The molecule has 1 saturated heterocycles. The van der Waals surface area contributed by atoms with Crippen LogP contribution < -0.4 is 0 Å². The van der Waals surface area contributed by atoms with Crippen LogP contribution in [0.1, 0.15) is 6.42 Å². The van der Waals surface area contributed by atoms with Crippen LogP contribution in [-0.2, 0) is 14.2 Å². The maximum Gasteiger partial charge on any atom is 0.104 e. The Hall–Kier alpha value is 0.0969. The molecule has 0 spiro atoms. The molecule has 1 aliphatic heterocycles. The third-order valence-electron chi connectivity index (χ3n) is 1.95. The number of hydrogen-bond acceptors (Lipinski definition) is 3. The second-order valence-electron chi connectivity index (χ2n) is 3.14. The zero-order valence-electron chi connectivity index (χ0n) is 7.91. The minimum atomic E-state index is 0.293. The zero-order chi connectivity index (χ0) is 8.81. The highest BCUT2D eigenvalue weighted by Crippen LogP contribution is 2.09. The molecular weight excluding hydrogens is 172 g/mol. The third-order valence-corrected chi connectivity index (χ3v) is 2.53. The van der Waals surface area contributed by atoms with Gasteiger partial charge in [0.2, 0.25) is 0 Å². The molecule has 0 bridgehead atoms. The summed E-state index contributed by atoms with van der Waals surface area (Å²) in [6.07, 6.45) is 1.80. The minimum Gasteiger partial charge on any atom is -0.379 e. The van der Waals surface area contributed by atoms with Crippen LogP contribution in [0.5, 0.6) is 0 Å². The van der Waals surface area contributed by atoms with E-state index < -0.39 is 0 Å². The molecule has 1 heterocycles. The lowest BCUT2D eigenvalue weighted by Crippen LogP contribution is -2.19. The van der Waals surface area contributed by atoms with Crippen LogP contribution in [0.25, 0.3) is 0 Å². The molecule has 0 N–H and O–H groups in total. The molecular formula is C8H18O3Si. The lowest BCUT2D eigenvalue weighted by atomic mass is 10.3. The number of rotatable bonds is 7. The summed E-state index contributed by atoms with van der Waals surface area (Å²) < 4.78 is 15.7. The molecule has 0 saturated carbocycles. The van der Waals surface area contributed by atoms with E-state index in [0.29, 0.717) is 12.2 Å². The Kier molecular flexibility index (Phi) is 4.83. The summed E-state index contributed by atoms with van der Waals surface area (Å²) in [4.78, 5) is 0. The Morgan fingerprint density at radius 1 is 1.67 bits per heavy atom. The van der Waals surface area contributed by atoms with Crippen LogP contribution in [0.4, 0.5) is 0 Å². The van der Waals surface area contributed by atoms with Gasteiger partial charge in [-0.1, -0.05) is 6.04 Å². The van der Waals surface area contributed by atoms with Gasteiger partial charge in [0, 0.05) is 17.4 Å². The Morgan fingerprint density at radius 2 is 2.42 bits per heavy atom. The van der Waals surface area contributed by atoms with Gasteiger partial charge in [-0.05, 0) is 6.42 Å². The monoisotopic (exact) mass is 190 g/mol. The van der Waals surface area contributed by atoms with Crippen LogP contribution in [0.15, 0.2) is 0 Å². The molecule has 1 rings (SSSR count). The summed E-state index contributed by atoms with van der Waals surface area (Å²) >= 11 is 0. The average Bonchev–Trinajstić information content (AvgIpc) is 2.87. The standard InChI is InChI=1S/C8H18O3Si/c1-9-7(2-3-12)4-10-5-8-6-11-8/h7-8H,2-6H2,1,12H3. The van der Waals surface area contributed by atoms with Gasteiger partial charge in [-0.15, -0.1) is 0 Å². The summed E-state index contributed by atoms with van der Waals surface area (Å²) in [5, 5.41) is 0. The molecule has 1 aliphatic rings. The molecule has 0 radical (unpaired) electrons. The molecule has 2 unspecified atom stereocenters. The summed E-state index contributed by atoms with van der Waals surface area (Å²) in [6.45, 7) is 2.33. The fourth-order valence-electron chi connectivity index (χ4n) is 1.09. The van der Waals surface area contributed by atoms with E-state index in [1.165, 1.54) is 16.3 Å². The van der Waals surface area contributed by atoms with Gasteiger partial charge in [-0.25, -0.2) is 0 Å². The van der Waals surface area contributed by atoms with E-state index in [2.05, 4.69) is 0 Å². The van der Waals surface area contributed by atoms with Gasteiger partial charge in [-0.3, -0.25) is 0 Å². The quantitative estimate of drug-likeness (QED) is 0.404. The smallest absolute Gasteiger partial charge is 0.104 e. The molecule has 1 fully saturated rings. The van der Waals surface area contributed by atoms with Crippen LogP contribution in [0.3, 0.4) is 0 Å². The SMILES string of the molecule is COC(CC[SiH3])COCC1CO1. The van der Waals surface area contributed by atoms with Crippen molar-refractivity contribution in [3.05, 3.63) is 0 Å². The first kappa shape index (κ1) is 10.2. The molecule has 0 aromatic carbocycles. The van der Waals surface area contributed by atoms with E-state index in [-0.39, 0.29) is 0 Å².